The molecule has 1 aliphatic carbocycles. The molecule has 1 saturated carbocycles. The van der Waals surface area contributed by atoms with Crippen LogP contribution >= 0.6 is 0 Å². The van der Waals surface area contributed by atoms with Crippen LogP contribution in [-0.2, 0) is 9.59 Å². The van der Waals surface area contributed by atoms with E-state index in [2.05, 4.69) is 10.3 Å². The number of carbonyl (C=O) groups excluding carboxylic acids is 1. The Bertz CT molecular complexity index is 731. The molecule has 10 heteroatoms. The van der Waals surface area contributed by atoms with Crippen molar-refractivity contribution in [3.8, 4) is 0 Å². The predicted octanol–water partition coefficient (Wildman–Crippen LogP) is 2.14. The van der Waals surface area contributed by atoms with Gasteiger partial charge in [0.15, 0.2) is 0 Å². The number of piperidine rings is 1. The number of amides is 1. The highest BCUT2D eigenvalue weighted by atomic mass is 19.3. The van der Waals surface area contributed by atoms with E-state index in [1.165, 1.54) is 0 Å². The van der Waals surface area contributed by atoms with Gasteiger partial charge in [-0.3, -0.25) is 14.5 Å². The Morgan fingerprint density at radius 2 is 2.00 bits per heavy atom. The molecule has 2 fully saturated rings. The van der Waals surface area contributed by atoms with Crippen molar-refractivity contribution in [1.29, 1.82) is 0 Å². The third kappa shape index (κ3) is 5.29. The molecule has 2 heterocycles. The van der Waals surface area contributed by atoms with Crippen LogP contribution in [0.5, 0.6) is 0 Å². The van der Waals surface area contributed by atoms with Crippen molar-refractivity contribution < 1.29 is 23.5 Å². The van der Waals surface area contributed by atoms with Crippen LogP contribution in [0.4, 0.5) is 8.78 Å². The van der Waals surface area contributed by atoms with E-state index in [-0.39, 0.29) is 43.6 Å². The Balaban J connectivity index is 1.55. The number of hydrogen-bond acceptors (Lipinski definition) is 5. The summed E-state index contributed by atoms with van der Waals surface area (Å²) in [7, 11) is 3.56. The van der Waals surface area contributed by atoms with Gasteiger partial charge in [-0.05, 0) is 39.8 Å². The molecule has 8 nitrogen and oxygen atoms in total. The maximum Gasteiger partial charge on any atom is 0.303 e. The monoisotopic (exact) mass is 413 g/mol. The van der Waals surface area contributed by atoms with Crippen molar-refractivity contribution >= 4 is 11.9 Å². The summed E-state index contributed by atoms with van der Waals surface area (Å²) in [5.74, 6) is -3.81. The average Bonchev–Trinajstić information content (AvgIpc) is 3.28. The molecule has 1 unspecified atom stereocenters. The summed E-state index contributed by atoms with van der Waals surface area (Å²) in [6, 6.07) is -0.372. The minimum atomic E-state index is -2.61. The fourth-order valence-electron chi connectivity index (χ4n) is 4.28. The molecular weight excluding hydrogens is 384 g/mol. The molecule has 1 saturated heterocycles. The van der Waals surface area contributed by atoms with E-state index in [1.54, 1.807) is 34.8 Å². The number of carboxylic acids is 1. The number of nitrogens with zero attached hydrogens (tertiary/aromatic N) is 5. The lowest BCUT2D eigenvalue weighted by molar-refractivity contribution is -0.140. The van der Waals surface area contributed by atoms with Crippen LogP contribution in [0.3, 0.4) is 0 Å². The normalized spacial score (nSPS) is 23.5. The number of likely N-dealkylation sites (N-methyl/N-ethyl adjacent to an activating group) is 1. The molecule has 1 aromatic heterocycles. The topological polar surface area (TPSA) is 91.6 Å². The van der Waals surface area contributed by atoms with Crippen molar-refractivity contribution in [3.05, 3.63) is 11.9 Å². The minimum absolute atomic E-state index is 0.0486. The summed E-state index contributed by atoms with van der Waals surface area (Å²) in [4.78, 5) is 27.2. The van der Waals surface area contributed by atoms with Gasteiger partial charge in [0, 0.05) is 44.5 Å². The molecule has 0 bridgehead atoms. The molecule has 1 N–H and O–H groups in total. The molecule has 1 amide bonds. The van der Waals surface area contributed by atoms with E-state index in [1.807, 2.05) is 0 Å². The molecule has 3 rings (SSSR count). The Morgan fingerprint density at radius 1 is 1.31 bits per heavy atom. The second kappa shape index (κ2) is 8.73. The number of halogens is 2. The molecule has 2 aliphatic rings. The number of carbonyl (C=O) groups is 2. The lowest BCUT2D eigenvalue weighted by Gasteiger charge is -2.35. The first-order chi connectivity index (χ1) is 13.7. The van der Waals surface area contributed by atoms with E-state index in [0.717, 1.165) is 0 Å². The Hall–Kier alpha value is -2.10. The van der Waals surface area contributed by atoms with Gasteiger partial charge in [0.05, 0.1) is 17.8 Å². The van der Waals surface area contributed by atoms with Gasteiger partial charge in [0.2, 0.25) is 11.8 Å². The number of aromatic nitrogens is 3. The van der Waals surface area contributed by atoms with Crippen molar-refractivity contribution in [2.45, 2.75) is 68.9 Å². The van der Waals surface area contributed by atoms with Crippen LogP contribution in [-0.4, -0.2) is 80.9 Å². The summed E-state index contributed by atoms with van der Waals surface area (Å²) >= 11 is 0. The summed E-state index contributed by atoms with van der Waals surface area (Å²) in [5.41, 5.74) is 0.627. The number of aliphatic carboxylic acids is 1. The summed E-state index contributed by atoms with van der Waals surface area (Å²) in [6.45, 7) is 1.11. The largest absolute Gasteiger partial charge is 0.481 e. The van der Waals surface area contributed by atoms with Crippen LogP contribution < -0.4 is 0 Å². The van der Waals surface area contributed by atoms with Gasteiger partial charge in [-0.2, -0.15) is 0 Å². The standard InChI is InChI=1S/C19H29F2N5O3/c1-24(2)16(3-4-17(27)28)18(29)25-9-6-14(7-10-25)26-12-15(22-23-26)13-5-8-19(20,21)11-13/h12-14,16H,3-11H2,1-2H3,(H,27,28)/t13?,16-/m1/s1. The van der Waals surface area contributed by atoms with Crippen LogP contribution in [0.15, 0.2) is 6.20 Å². The Kier molecular flexibility index (Phi) is 6.50. The van der Waals surface area contributed by atoms with E-state index < -0.39 is 17.9 Å². The van der Waals surface area contributed by atoms with Gasteiger partial charge in [0.1, 0.15) is 0 Å². The zero-order valence-electron chi connectivity index (χ0n) is 16.9. The van der Waals surface area contributed by atoms with E-state index in [9.17, 15) is 18.4 Å². The number of alkyl halides is 2. The SMILES string of the molecule is CN(C)[C@H](CCC(=O)O)C(=O)N1CCC(n2cc(C3CCC(F)(F)C3)nn2)CC1. The van der Waals surface area contributed by atoms with Crippen LogP contribution in [0.25, 0.3) is 0 Å². The number of carboxylic acid groups (broad SMARTS) is 1. The van der Waals surface area contributed by atoms with Gasteiger partial charge in [-0.1, -0.05) is 5.21 Å². The quantitative estimate of drug-likeness (QED) is 0.736. The predicted molar refractivity (Wildman–Crippen MR) is 101 cm³/mol. The van der Waals surface area contributed by atoms with Gasteiger partial charge >= 0.3 is 5.97 Å². The molecule has 0 radical (unpaired) electrons. The van der Waals surface area contributed by atoms with Gasteiger partial charge in [0.25, 0.3) is 0 Å². The number of rotatable bonds is 7. The van der Waals surface area contributed by atoms with E-state index in [0.29, 0.717) is 38.0 Å². The molecule has 1 aromatic rings. The summed E-state index contributed by atoms with van der Waals surface area (Å²) < 4.78 is 28.7. The van der Waals surface area contributed by atoms with Crippen LogP contribution in [0.1, 0.15) is 62.6 Å². The first-order valence-corrected chi connectivity index (χ1v) is 10.1. The minimum Gasteiger partial charge on any atom is -0.481 e. The summed E-state index contributed by atoms with van der Waals surface area (Å²) in [6.07, 6.45) is 3.58. The molecule has 0 aromatic carbocycles. The molecular formula is C19H29F2N5O3. The second-order valence-electron chi connectivity index (χ2n) is 8.39. The highest BCUT2D eigenvalue weighted by Gasteiger charge is 2.41. The van der Waals surface area contributed by atoms with Gasteiger partial charge in [-0.25, -0.2) is 13.5 Å². The van der Waals surface area contributed by atoms with Crippen LogP contribution in [0, 0.1) is 0 Å². The Labute approximate surface area is 168 Å². The second-order valence-corrected chi connectivity index (χ2v) is 8.39. The van der Waals surface area contributed by atoms with Crippen molar-refractivity contribution in [1.82, 2.24) is 24.8 Å². The van der Waals surface area contributed by atoms with Crippen molar-refractivity contribution in [2.75, 3.05) is 27.2 Å². The fourth-order valence-corrected chi connectivity index (χ4v) is 4.28. The first-order valence-electron chi connectivity index (χ1n) is 10.1. The molecule has 1 aliphatic heterocycles. The van der Waals surface area contributed by atoms with Crippen molar-refractivity contribution in [2.24, 2.45) is 0 Å². The zero-order valence-corrected chi connectivity index (χ0v) is 16.9. The van der Waals surface area contributed by atoms with Gasteiger partial charge in [-0.15, -0.1) is 5.10 Å². The third-order valence-electron chi connectivity index (χ3n) is 6.04. The first kappa shape index (κ1) is 21.6. The summed E-state index contributed by atoms with van der Waals surface area (Å²) in [5, 5.41) is 17.2. The molecule has 0 spiro atoms. The Morgan fingerprint density at radius 3 is 2.55 bits per heavy atom. The average molecular weight is 413 g/mol. The smallest absolute Gasteiger partial charge is 0.303 e. The van der Waals surface area contributed by atoms with Crippen LogP contribution in [0.2, 0.25) is 0 Å². The molecule has 2 atom stereocenters. The fraction of sp³-hybridized carbons (Fsp3) is 0.789. The number of likely N-dealkylation sites (tertiary alicyclic amines) is 1. The lowest BCUT2D eigenvalue weighted by Crippen LogP contribution is -2.49. The maximum atomic E-state index is 13.5. The van der Waals surface area contributed by atoms with E-state index in [4.69, 9.17) is 5.11 Å². The third-order valence-corrected chi connectivity index (χ3v) is 6.04. The maximum absolute atomic E-state index is 13.5. The highest BCUT2D eigenvalue weighted by molar-refractivity contribution is 5.82. The highest BCUT2D eigenvalue weighted by Crippen LogP contribution is 2.43. The lowest BCUT2D eigenvalue weighted by atomic mass is 10.0. The van der Waals surface area contributed by atoms with Crippen molar-refractivity contribution in [3.63, 3.8) is 0 Å². The molecule has 162 valence electrons. The number of hydrogen-bond donors (Lipinski definition) is 1. The van der Waals surface area contributed by atoms with Gasteiger partial charge < -0.3 is 10.0 Å². The van der Waals surface area contributed by atoms with E-state index >= 15 is 0 Å². The molecule has 29 heavy (non-hydrogen) atoms. The zero-order chi connectivity index (χ0) is 21.2.